The van der Waals surface area contributed by atoms with Crippen LogP contribution in [-0.4, -0.2) is 33.7 Å². The fourth-order valence-corrected chi connectivity index (χ4v) is 5.02. The molecular weight excluding hydrogens is 448 g/mol. The molecule has 0 spiro atoms. The first-order valence-electron chi connectivity index (χ1n) is 11.2. The highest BCUT2D eigenvalue weighted by atomic mass is 32.1. The van der Waals surface area contributed by atoms with Crippen LogP contribution in [0.3, 0.4) is 0 Å². The van der Waals surface area contributed by atoms with Crippen molar-refractivity contribution < 1.29 is 14.3 Å². The van der Waals surface area contributed by atoms with Gasteiger partial charge in [0.1, 0.15) is 4.88 Å². The highest BCUT2D eigenvalue weighted by Crippen LogP contribution is 2.32. The Bertz CT molecular complexity index is 1380. The van der Waals surface area contributed by atoms with Gasteiger partial charge in [-0.15, -0.1) is 0 Å². The van der Waals surface area contributed by atoms with Gasteiger partial charge in [-0.2, -0.15) is 10.1 Å². The Hall–Kier alpha value is -3.52. The number of nitrogens with zero attached hydrogens (tertiary/aromatic N) is 4. The van der Waals surface area contributed by atoms with Gasteiger partial charge in [0.15, 0.2) is 0 Å². The number of benzene rings is 1. The van der Waals surface area contributed by atoms with E-state index in [1.807, 2.05) is 6.08 Å². The standard InChI is InChI=1S/C26H28N4O3S/c1-8-33-25(32)23-18(6)27-26(34-23)30-24(31)21(17(5)28-30)13-20-12-15(3)29(19(20)7)22-11-9-10-14(2)16(22)4/h9-13H,8H2,1-7H3/b21-13-. The van der Waals surface area contributed by atoms with Gasteiger partial charge in [0.2, 0.25) is 5.13 Å². The second kappa shape index (κ2) is 9.02. The van der Waals surface area contributed by atoms with E-state index < -0.39 is 5.97 Å². The van der Waals surface area contributed by atoms with Gasteiger partial charge in [-0.3, -0.25) is 4.79 Å². The molecule has 3 aromatic rings. The van der Waals surface area contributed by atoms with Gasteiger partial charge >= 0.3 is 5.97 Å². The van der Waals surface area contributed by atoms with Crippen LogP contribution in [0, 0.1) is 34.6 Å². The maximum atomic E-state index is 13.3. The smallest absolute Gasteiger partial charge is 0.350 e. The average molecular weight is 477 g/mol. The monoisotopic (exact) mass is 476 g/mol. The van der Waals surface area contributed by atoms with Crippen molar-refractivity contribution in [3.05, 3.63) is 68.5 Å². The van der Waals surface area contributed by atoms with E-state index >= 15 is 0 Å². The number of anilines is 1. The molecular formula is C26H28N4O3S. The summed E-state index contributed by atoms with van der Waals surface area (Å²) in [4.78, 5) is 30.3. The highest BCUT2D eigenvalue weighted by molar-refractivity contribution is 7.17. The van der Waals surface area contributed by atoms with Crippen molar-refractivity contribution in [3.63, 3.8) is 0 Å². The maximum absolute atomic E-state index is 13.3. The fraction of sp³-hybridized carbons (Fsp3) is 0.308. The summed E-state index contributed by atoms with van der Waals surface area (Å²) >= 11 is 1.11. The molecule has 0 N–H and O–H groups in total. The molecule has 1 aliphatic heterocycles. The topological polar surface area (TPSA) is 76.8 Å². The molecule has 4 rings (SSSR count). The lowest BCUT2D eigenvalue weighted by Gasteiger charge is -2.14. The summed E-state index contributed by atoms with van der Waals surface area (Å²) in [5, 5.41) is 6.07. The Kier molecular flexibility index (Phi) is 6.27. The van der Waals surface area contributed by atoms with Crippen molar-refractivity contribution in [2.45, 2.75) is 48.5 Å². The Morgan fingerprint density at radius 3 is 2.59 bits per heavy atom. The number of aromatic nitrogens is 2. The number of rotatable bonds is 5. The minimum atomic E-state index is -0.439. The minimum absolute atomic E-state index is 0.266. The molecule has 8 heteroatoms. The van der Waals surface area contributed by atoms with Crippen LogP contribution in [0.15, 0.2) is 34.9 Å². The van der Waals surface area contributed by atoms with E-state index in [1.54, 1.807) is 20.8 Å². The molecule has 0 aliphatic carbocycles. The molecule has 176 valence electrons. The Labute approximate surface area is 203 Å². The Morgan fingerprint density at radius 1 is 1.15 bits per heavy atom. The van der Waals surface area contributed by atoms with Gasteiger partial charge in [0, 0.05) is 17.1 Å². The van der Waals surface area contributed by atoms with E-state index in [2.05, 4.69) is 66.6 Å². The summed E-state index contributed by atoms with van der Waals surface area (Å²) in [6.45, 7) is 13.9. The lowest BCUT2D eigenvalue weighted by Crippen LogP contribution is -2.21. The van der Waals surface area contributed by atoms with Crippen molar-refractivity contribution in [2.24, 2.45) is 5.10 Å². The number of hydrogen-bond donors (Lipinski definition) is 0. The first-order valence-corrected chi connectivity index (χ1v) is 12.0. The van der Waals surface area contributed by atoms with Crippen molar-refractivity contribution in [2.75, 3.05) is 11.6 Å². The number of thiazole rings is 1. The van der Waals surface area contributed by atoms with Crippen LogP contribution in [0.25, 0.3) is 11.8 Å². The lowest BCUT2D eigenvalue weighted by molar-refractivity contribution is -0.114. The first-order chi connectivity index (χ1) is 16.1. The van der Waals surface area contributed by atoms with Gasteiger partial charge in [-0.25, -0.2) is 9.78 Å². The second-order valence-corrected chi connectivity index (χ2v) is 9.35. The summed E-state index contributed by atoms with van der Waals surface area (Å²) in [6, 6.07) is 8.36. The van der Waals surface area contributed by atoms with Gasteiger partial charge in [0.05, 0.1) is 23.6 Å². The first kappa shape index (κ1) is 23.6. The number of aryl methyl sites for hydroxylation is 3. The molecule has 2 aromatic heterocycles. The van der Waals surface area contributed by atoms with E-state index in [0.29, 0.717) is 27.0 Å². The molecule has 1 amide bonds. The number of hydrogen-bond acceptors (Lipinski definition) is 6. The summed E-state index contributed by atoms with van der Waals surface area (Å²) in [7, 11) is 0. The van der Waals surface area contributed by atoms with Crippen LogP contribution < -0.4 is 5.01 Å². The number of ether oxygens (including phenoxy) is 1. The second-order valence-electron chi connectivity index (χ2n) is 8.37. The third-order valence-electron chi connectivity index (χ3n) is 6.08. The van der Waals surface area contributed by atoms with Gasteiger partial charge in [0.25, 0.3) is 5.91 Å². The van der Waals surface area contributed by atoms with Gasteiger partial charge in [-0.1, -0.05) is 23.5 Å². The fourth-order valence-electron chi connectivity index (χ4n) is 4.11. The van der Waals surface area contributed by atoms with Crippen molar-refractivity contribution in [3.8, 4) is 5.69 Å². The molecule has 0 atom stereocenters. The normalized spacial score (nSPS) is 14.8. The van der Waals surface area contributed by atoms with E-state index in [4.69, 9.17) is 4.74 Å². The van der Waals surface area contributed by atoms with Crippen molar-refractivity contribution >= 4 is 40.1 Å². The van der Waals surface area contributed by atoms with Crippen LogP contribution in [0.1, 0.15) is 57.3 Å². The average Bonchev–Trinajstić information content (AvgIpc) is 3.39. The zero-order valence-electron chi connectivity index (χ0n) is 20.5. The zero-order chi connectivity index (χ0) is 24.7. The summed E-state index contributed by atoms with van der Waals surface area (Å²) in [5.41, 5.74) is 8.32. The number of esters is 1. The lowest BCUT2D eigenvalue weighted by atomic mass is 10.1. The molecule has 0 bridgehead atoms. The highest BCUT2D eigenvalue weighted by Gasteiger charge is 2.32. The molecule has 0 saturated carbocycles. The van der Waals surface area contributed by atoms with E-state index in [1.165, 1.54) is 16.1 Å². The molecule has 0 unspecified atom stereocenters. The maximum Gasteiger partial charge on any atom is 0.350 e. The molecule has 3 heterocycles. The number of amides is 1. The van der Waals surface area contributed by atoms with Gasteiger partial charge in [-0.05, 0) is 83.4 Å². The van der Waals surface area contributed by atoms with Crippen LogP contribution in [0.4, 0.5) is 5.13 Å². The molecule has 1 aliphatic rings. The molecule has 0 saturated heterocycles. The predicted octanol–water partition coefficient (Wildman–Crippen LogP) is 5.46. The Morgan fingerprint density at radius 2 is 1.88 bits per heavy atom. The van der Waals surface area contributed by atoms with Crippen molar-refractivity contribution in [1.82, 2.24) is 9.55 Å². The zero-order valence-corrected chi connectivity index (χ0v) is 21.3. The van der Waals surface area contributed by atoms with Crippen LogP contribution in [0.2, 0.25) is 0 Å². The van der Waals surface area contributed by atoms with E-state index in [0.717, 1.165) is 34.0 Å². The summed E-state index contributed by atoms with van der Waals surface area (Å²) < 4.78 is 7.31. The SMILES string of the molecule is CCOC(=O)c1sc(N2N=C(C)/C(=C/c3cc(C)n(-c4cccc(C)c4C)c3C)C2=O)nc1C. The number of carbonyl (C=O) groups is 2. The Balaban J connectivity index is 1.69. The minimum Gasteiger partial charge on any atom is -0.462 e. The third-order valence-corrected chi connectivity index (χ3v) is 7.19. The molecule has 1 aromatic carbocycles. The molecule has 0 radical (unpaired) electrons. The molecule has 34 heavy (non-hydrogen) atoms. The van der Waals surface area contributed by atoms with Gasteiger partial charge < -0.3 is 9.30 Å². The summed E-state index contributed by atoms with van der Waals surface area (Å²) in [5.74, 6) is -0.705. The predicted molar refractivity (Wildman–Crippen MR) is 136 cm³/mol. The molecule has 0 fully saturated rings. The number of carbonyl (C=O) groups excluding carboxylic acids is 2. The largest absolute Gasteiger partial charge is 0.462 e. The van der Waals surface area contributed by atoms with E-state index in [-0.39, 0.29) is 12.5 Å². The quantitative estimate of drug-likeness (QED) is 0.362. The third kappa shape index (κ3) is 3.98. The van der Waals surface area contributed by atoms with E-state index in [9.17, 15) is 9.59 Å². The van der Waals surface area contributed by atoms with Crippen LogP contribution >= 0.6 is 11.3 Å². The number of hydrazone groups is 1. The van der Waals surface area contributed by atoms with Crippen LogP contribution in [-0.2, 0) is 9.53 Å². The molecule has 7 nitrogen and oxygen atoms in total. The van der Waals surface area contributed by atoms with Crippen LogP contribution in [0.5, 0.6) is 0 Å². The summed E-state index contributed by atoms with van der Waals surface area (Å²) in [6.07, 6.45) is 1.89. The van der Waals surface area contributed by atoms with Crippen molar-refractivity contribution in [1.29, 1.82) is 0 Å².